The zero-order chi connectivity index (χ0) is 20.4. The summed E-state index contributed by atoms with van der Waals surface area (Å²) in [6.45, 7) is 4.43. The predicted molar refractivity (Wildman–Crippen MR) is 107 cm³/mol. The van der Waals surface area contributed by atoms with E-state index in [1.165, 1.54) is 0 Å². The highest BCUT2D eigenvalue weighted by molar-refractivity contribution is 5.69. The van der Waals surface area contributed by atoms with Crippen molar-refractivity contribution < 1.29 is 22.6 Å². The number of hydrogen-bond acceptors (Lipinski definition) is 8. The van der Waals surface area contributed by atoms with Crippen LogP contribution >= 0.6 is 0 Å². The van der Waals surface area contributed by atoms with Crippen molar-refractivity contribution in [3.63, 3.8) is 0 Å². The first kappa shape index (κ1) is 22.0. The van der Waals surface area contributed by atoms with Gasteiger partial charge in [0, 0.05) is 44.0 Å². The third-order valence-electron chi connectivity index (χ3n) is 4.84. The average molecular weight is 426 g/mol. The number of alkyl halides is 3. The van der Waals surface area contributed by atoms with E-state index in [4.69, 9.17) is 15.2 Å². The molecule has 0 radical (unpaired) electrons. The number of aromatic nitrogens is 3. The van der Waals surface area contributed by atoms with E-state index in [9.17, 15) is 13.2 Å². The van der Waals surface area contributed by atoms with Crippen molar-refractivity contribution in [1.29, 1.82) is 0 Å². The fraction of sp³-hybridized carbons (Fsp3) is 0.526. The zero-order valence-corrected chi connectivity index (χ0v) is 15.7. The van der Waals surface area contributed by atoms with Gasteiger partial charge < -0.3 is 25.0 Å². The molecule has 0 unspecified atom stereocenters. The number of nitrogen functional groups attached to an aromatic ring is 1. The van der Waals surface area contributed by atoms with E-state index in [2.05, 4.69) is 15.0 Å². The quantitative estimate of drug-likeness (QED) is 0.801. The molecule has 2 aromatic rings. The Balaban J connectivity index is 0.00000256. The molecule has 2 saturated heterocycles. The molecule has 2 aliphatic heterocycles. The lowest BCUT2D eigenvalue weighted by Gasteiger charge is -2.31. The molecule has 2 aromatic heterocycles. The number of halogens is 3. The van der Waals surface area contributed by atoms with Gasteiger partial charge in [-0.25, -0.2) is 9.97 Å². The van der Waals surface area contributed by atoms with E-state index in [0.29, 0.717) is 64.4 Å². The number of hydrogen-bond donors (Lipinski definition) is 1. The highest BCUT2D eigenvalue weighted by atomic mass is 19.4. The maximum Gasteiger partial charge on any atom is 0.417 e. The second-order valence-electron chi connectivity index (χ2n) is 6.76. The molecule has 4 heterocycles. The van der Waals surface area contributed by atoms with Gasteiger partial charge in [0.05, 0.1) is 37.7 Å². The van der Waals surface area contributed by atoms with Crippen molar-refractivity contribution in [3.8, 4) is 11.3 Å². The number of nitrogens with two attached hydrogens (primary N) is 1. The van der Waals surface area contributed by atoms with Crippen LogP contribution in [-0.2, 0) is 15.7 Å². The monoisotopic (exact) mass is 426 g/mol. The number of ether oxygens (including phenoxy) is 2. The number of morpholine rings is 2. The fourth-order valence-corrected chi connectivity index (χ4v) is 3.33. The standard InChI is InChI=1S/C18H21F3N6O2.CH4/c19-18(20,21)13-9-15(22)23-11-12(13)14-10-16(26-1-5-28-6-2-26)25-17(24-14)27-3-7-29-8-4-27;/h9-11H,1-8H2,(H2,22,23);1H4. The van der Waals surface area contributed by atoms with Crippen LogP contribution < -0.4 is 15.5 Å². The first-order valence-corrected chi connectivity index (χ1v) is 9.29. The fourth-order valence-electron chi connectivity index (χ4n) is 3.33. The van der Waals surface area contributed by atoms with Crippen molar-refractivity contribution in [1.82, 2.24) is 15.0 Å². The number of nitrogens with zero attached hydrogens (tertiary/aromatic N) is 5. The Bertz CT molecular complexity index is 832. The van der Waals surface area contributed by atoms with E-state index in [0.717, 1.165) is 12.3 Å². The SMILES string of the molecule is C.Nc1cc(C(F)(F)F)c(-c2cc(N3CCOCC3)nc(N3CCOCC3)n2)cn1. The third kappa shape index (κ3) is 4.73. The van der Waals surface area contributed by atoms with Crippen LogP contribution in [-0.4, -0.2) is 67.6 Å². The van der Waals surface area contributed by atoms with E-state index in [1.54, 1.807) is 6.07 Å². The minimum atomic E-state index is -4.59. The lowest BCUT2D eigenvalue weighted by Crippen LogP contribution is -2.39. The topological polar surface area (TPSA) is 89.6 Å². The van der Waals surface area contributed by atoms with Crippen molar-refractivity contribution in [2.75, 3.05) is 68.1 Å². The molecule has 30 heavy (non-hydrogen) atoms. The normalized spacial score (nSPS) is 17.6. The van der Waals surface area contributed by atoms with Gasteiger partial charge in [0.15, 0.2) is 0 Å². The predicted octanol–water partition coefficient (Wildman–Crippen LogP) is 2.45. The molecule has 2 N–H and O–H groups in total. The van der Waals surface area contributed by atoms with Gasteiger partial charge >= 0.3 is 6.18 Å². The molecule has 0 spiro atoms. The van der Waals surface area contributed by atoms with E-state index in [1.807, 2.05) is 9.80 Å². The summed E-state index contributed by atoms with van der Waals surface area (Å²) in [4.78, 5) is 16.8. The summed E-state index contributed by atoms with van der Waals surface area (Å²) < 4.78 is 51.7. The Hall–Kier alpha value is -2.66. The second kappa shape index (κ2) is 9.00. The zero-order valence-electron chi connectivity index (χ0n) is 15.7. The minimum Gasteiger partial charge on any atom is -0.384 e. The summed E-state index contributed by atoms with van der Waals surface area (Å²) in [5.41, 5.74) is 4.67. The Kier molecular flexibility index (Phi) is 6.61. The number of pyridine rings is 1. The van der Waals surface area contributed by atoms with Gasteiger partial charge in [-0.15, -0.1) is 0 Å². The summed E-state index contributed by atoms with van der Waals surface area (Å²) in [6, 6.07) is 2.40. The second-order valence-corrected chi connectivity index (χ2v) is 6.76. The first-order valence-electron chi connectivity index (χ1n) is 9.29. The molecule has 164 valence electrons. The van der Waals surface area contributed by atoms with Crippen LogP contribution in [0.15, 0.2) is 18.3 Å². The number of anilines is 3. The highest BCUT2D eigenvalue weighted by Crippen LogP contribution is 2.38. The summed E-state index contributed by atoms with van der Waals surface area (Å²) in [7, 11) is 0. The van der Waals surface area contributed by atoms with Crippen molar-refractivity contribution in [2.45, 2.75) is 13.6 Å². The van der Waals surface area contributed by atoms with Gasteiger partial charge in [0.1, 0.15) is 11.6 Å². The Labute approximate surface area is 172 Å². The van der Waals surface area contributed by atoms with Gasteiger partial charge in [0.2, 0.25) is 5.95 Å². The number of rotatable bonds is 3. The molecule has 0 atom stereocenters. The summed E-state index contributed by atoms with van der Waals surface area (Å²) in [5, 5.41) is 0. The van der Waals surface area contributed by atoms with E-state index < -0.39 is 11.7 Å². The molecular formula is C19H25F3N6O2. The molecule has 2 aliphatic rings. The Morgan fingerprint density at radius 1 is 0.900 bits per heavy atom. The lowest BCUT2D eigenvalue weighted by molar-refractivity contribution is -0.137. The lowest BCUT2D eigenvalue weighted by atomic mass is 10.1. The molecule has 0 bridgehead atoms. The molecule has 0 aromatic carbocycles. The minimum absolute atomic E-state index is 0. The van der Waals surface area contributed by atoms with Gasteiger partial charge in [-0.3, -0.25) is 0 Å². The summed E-state index contributed by atoms with van der Waals surface area (Å²) in [5.74, 6) is 0.735. The maximum absolute atomic E-state index is 13.6. The maximum atomic E-state index is 13.6. The molecular weight excluding hydrogens is 401 g/mol. The van der Waals surface area contributed by atoms with Crippen molar-refractivity contribution in [3.05, 3.63) is 23.9 Å². The molecule has 2 fully saturated rings. The first-order chi connectivity index (χ1) is 13.9. The third-order valence-corrected chi connectivity index (χ3v) is 4.84. The van der Waals surface area contributed by atoms with Crippen LogP contribution in [0.3, 0.4) is 0 Å². The van der Waals surface area contributed by atoms with Gasteiger partial charge in [-0.1, -0.05) is 7.43 Å². The largest absolute Gasteiger partial charge is 0.417 e. The summed E-state index contributed by atoms with van der Waals surface area (Å²) >= 11 is 0. The smallest absolute Gasteiger partial charge is 0.384 e. The van der Waals surface area contributed by atoms with Gasteiger partial charge in [0.25, 0.3) is 0 Å². The van der Waals surface area contributed by atoms with Crippen LogP contribution in [0.4, 0.5) is 30.8 Å². The van der Waals surface area contributed by atoms with Crippen LogP contribution in [0, 0.1) is 0 Å². The van der Waals surface area contributed by atoms with Gasteiger partial charge in [-0.05, 0) is 6.07 Å². The molecule has 0 saturated carbocycles. The van der Waals surface area contributed by atoms with E-state index >= 15 is 0 Å². The molecule has 11 heteroatoms. The summed E-state index contributed by atoms with van der Waals surface area (Å²) in [6.07, 6.45) is -3.47. The molecule has 4 rings (SSSR count). The van der Waals surface area contributed by atoms with Gasteiger partial charge in [-0.2, -0.15) is 18.2 Å². The Morgan fingerprint density at radius 2 is 1.50 bits per heavy atom. The van der Waals surface area contributed by atoms with E-state index in [-0.39, 0.29) is 24.5 Å². The molecule has 8 nitrogen and oxygen atoms in total. The van der Waals surface area contributed by atoms with Crippen molar-refractivity contribution in [2.24, 2.45) is 0 Å². The Morgan fingerprint density at radius 3 is 2.10 bits per heavy atom. The van der Waals surface area contributed by atoms with Crippen LogP contribution in [0.25, 0.3) is 11.3 Å². The molecule has 0 amide bonds. The van der Waals surface area contributed by atoms with Crippen LogP contribution in [0.1, 0.15) is 13.0 Å². The van der Waals surface area contributed by atoms with Crippen molar-refractivity contribution >= 4 is 17.6 Å². The van der Waals surface area contributed by atoms with Crippen LogP contribution in [0.5, 0.6) is 0 Å². The van der Waals surface area contributed by atoms with Crippen LogP contribution in [0.2, 0.25) is 0 Å². The average Bonchev–Trinajstić information content (AvgIpc) is 2.74. The highest BCUT2D eigenvalue weighted by Gasteiger charge is 2.35. The molecule has 0 aliphatic carbocycles.